The Morgan fingerprint density at radius 3 is 2.58 bits per heavy atom. The van der Waals surface area contributed by atoms with Gasteiger partial charge < -0.3 is 4.90 Å². The summed E-state index contributed by atoms with van der Waals surface area (Å²) in [6.07, 6.45) is 6.68. The van der Waals surface area contributed by atoms with E-state index in [0.29, 0.717) is 17.9 Å². The summed E-state index contributed by atoms with van der Waals surface area (Å²) in [6, 6.07) is 0.372. The lowest BCUT2D eigenvalue weighted by atomic mass is 9.99. The summed E-state index contributed by atoms with van der Waals surface area (Å²) >= 11 is 1.86. The Kier molecular flexibility index (Phi) is 7.22. The first-order chi connectivity index (χ1) is 9.06. The van der Waals surface area contributed by atoms with Crippen LogP contribution in [0.4, 0.5) is 0 Å². The average Bonchev–Trinajstić information content (AvgIpc) is 2.72. The average molecular weight is 286 g/mol. The summed E-state index contributed by atoms with van der Waals surface area (Å²) in [6.45, 7) is 8.72. The highest BCUT2D eigenvalue weighted by Crippen LogP contribution is 2.25. The van der Waals surface area contributed by atoms with Crippen molar-refractivity contribution in [3.05, 3.63) is 0 Å². The Labute approximate surface area is 122 Å². The highest BCUT2D eigenvalue weighted by molar-refractivity contribution is 7.98. The van der Waals surface area contributed by atoms with Crippen molar-refractivity contribution >= 4 is 17.7 Å². The van der Waals surface area contributed by atoms with Crippen LogP contribution in [-0.2, 0) is 4.79 Å². The van der Waals surface area contributed by atoms with Gasteiger partial charge in [-0.25, -0.2) is 0 Å². The molecule has 0 radical (unpaired) electrons. The Bertz CT molecular complexity index is 285. The van der Waals surface area contributed by atoms with Gasteiger partial charge in [0.05, 0.1) is 12.2 Å². The molecular weight excluding hydrogens is 256 g/mol. The van der Waals surface area contributed by atoms with Gasteiger partial charge in [0.2, 0.25) is 5.91 Å². The normalized spacial score (nSPS) is 26.8. The van der Waals surface area contributed by atoms with Crippen LogP contribution < -0.4 is 5.32 Å². The van der Waals surface area contributed by atoms with Crippen LogP contribution in [0.3, 0.4) is 0 Å². The molecule has 1 N–H and O–H groups in total. The second-order valence-electron chi connectivity index (χ2n) is 5.71. The van der Waals surface area contributed by atoms with Crippen molar-refractivity contribution in [2.75, 3.05) is 12.0 Å². The van der Waals surface area contributed by atoms with Gasteiger partial charge in [-0.3, -0.25) is 10.1 Å². The van der Waals surface area contributed by atoms with E-state index in [9.17, 15) is 4.79 Å². The monoisotopic (exact) mass is 286 g/mol. The molecule has 4 unspecified atom stereocenters. The van der Waals surface area contributed by atoms with Gasteiger partial charge in [0, 0.05) is 6.04 Å². The fraction of sp³-hybridized carbons (Fsp3) is 0.933. The molecule has 0 bridgehead atoms. The van der Waals surface area contributed by atoms with Gasteiger partial charge in [0.1, 0.15) is 0 Å². The van der Waals surface area contributed by atoms with Gasteiger partial charge in [-0.05, 0) is 37.7 Å². The molecule has 0 aromatic carbocycles. The zero-order valence-corrected chi connectivity index (χ0v) is 13.9. The van der Waals surface area contributed by atoms with E-state index in [2.05, 4.69) is 44.2 Å². The van der Waals surface area contributed by atoms with Gasteiger partial charge in [-0.2, -0.15) is 11.8 Å². The molecule has 0 spiro atoms. The maximum Gasteiger partial charge on any atom is 0.241 e. The van der Waals surface area contributed by atoms with E-state index in [-0.39, 0.29) is 12.2 Å². The largest absolute Gasteiger partial charge is 0.323 e. The molecule has 112 valence electrons. The molecule has 1 fully saturated rings. The molecule has 0 saturated carbocycles. The summed E-state index contributed by atoms with van der Waals surface area (Å²) in [5, 5.41) is 3.57. The second kappa shape index (κ2) is 8.15. The third-order valence-corrected chi connectivity index (χ3v) is 4.86. The van der Waals surface area contributed by atoms with Crippen LogP contribution in [0.2, 0.25) is 0 Å². The molecule has 3 nitrogen and oxygen atoms in total. The molecule has 1 aliphatic rings. The zero-order chi connectivity index (χ0) is 14.4. The first-order valence-electron chi connectivity index (χ1n) is 7.63. The van der Waals surface area contributed by atoms with E-state index in [4.69, 9.17) is 0 Å². The van der Waals surface area contributed by atoms with E-state index in [1.54, 1.807) is 0 Å². The van der Waals surface area contributed by atoms with Crippen LogP contribution in [0, 0.1) is 5.92 Å². The quantitative estimate of drug-likeness (QED) is 0.744. The van der Waals surface area contributed by atoms with E-state index >= 15 is 0 Å². The van der Waals surface area contributed by atoms with Crippen LogP contribution in [-0.4, -0.2) is 41.1 Å². The molecule has 4 heteroatoms. The van der Waals surface area contributed by atoms with Gasteiger partial charge in [0.15, 0.2) is 0 Å². The van der Waals surface area contributed by atoms with Gasteiger partial charge >= 0.3 is 0 Å². The third-order valence-electron chi connectivity index (χ3n) is 4.22. The summed E-state index contributed by atoms with van der Waals surface area (Å²) in [7, 11) is 0. The van der Waals surface area contributed by atoms with Crippen LogP contribution >= 0.6 is 11.8 Å². The molecule has 0 aliphatic carbocycles. The number of hydrogen-bond acceptors (Lipinski definition) is 3. The minimum absolute atomic E-state index is 0.0262. The Balaban J connectivity index is 2.76. The summed E-state index contributed by atoms with van der Waals surface area (Å²) < 4.78 is 0. The van der Waals surface area contributed by atoms with Crippen molar-refractivity contribution < 1.29 is 4.79 Å². The smallest absolute Gasteiger partial charge is 0.241 e. The first kappa shape index (κ1) is 16.8. The van der Waals surface area contributed by atoms with Crippen LogP contribution in [0.25, 0.3) is 0 Å². The number of amides is 1. The number of nitrogens with one attached hydrogen (secondary N) is 1. The number of hydrogen-bond donors (Lipinski definition) is 1. The van der Waals surface area contributed by atoms with Crippen LogP contribution in [0.5, 0.6) is 0 Å². The molecule has 19 heavy (non-hydrogen) atoms. The highest BCUT2D eigenvalue weighted by atomic mass is 32.2. The second-order valence-corrected chi connectivity index (χ2v) is 6.70. The summed E-state index contributed by atoms with van der Waals surface area (Å²) in [5.41, 5.74) is 0. The van der Waals surface area contributed by atoms with Crippen molar-refractivity contribution in [2.24, 2.45) is 5.92 Å². The van der Waals surface area contributed by atoms with Crippen LogP contribution in [0.15, 0.2) is 0 Å². The first-order valence-corrected chi connectivity index (χ1v) is 9.03. The molecular formula is C15H30N2OS. The lowest BCUT2D eigenvalue weighted by molar-refractivity contribution is -0.132. The Morgan fingerprint density at radius 1 is 1.37 bits per heavy atom. The number of rotatable bonds is 8. The van der Waals surface area contributed by atoms with Gasteiger partial charge in [-0.1, -0.05) is 33.6 Å². The minimum Gasteiger partial charge on any atom is -0.323 e. The maximum absolute atomic E-state index is 12.7. The highest BCUT2D eigenvalue weighted by Gasteiger charge is 2.42. The van der Waals surface area contributed by atoms with Crippen molar-refractivity contribution in [2.45, 2.75) is 71.6 Å². The molecule has 1 amide bonds. The van der Waals surface area contributed by atoms with E-state index in [1.165, 1.54) is 0 Å². The maximum atomic E-state index is 12.7. The molecule has 0 aromatic heterocycles. The number of thioether (sulfide) groups is 1. The minimum atomic E-state index is 0.0262. The van der Waals surface area contributed by atoms with Crippen molar-refractivity contribution in [1.82, 2.24) is 10.2 Å². The lowest BCUT2D eigenvalue weighted by Crippen LogP contribution is -2.43. The lowest BCUT2D eigenvalue weighted by Gasteiger charge is -2.30. The van der Waals surface area contributed by atoms with Crippen molar-refractivity contribution in [3.8, 4) is 0 Å². The molecule has 1 saturated heterocycles. The Hall–Kier alpha value is -0.220. The predicted octanol–water partition coefficient (Wildman–Crippen LogP) is 3.10. The van der Waals surface area contributed by atoms with Crippen LogP contribution in [0.1, 0.15) is 53.4 Å². The van der Waals surface area contributed by atoms with Crippen molar-refractivity contribution in [3.63, 3.8) is 0 Å². The summed E-state index contributed by atoms with van der Waals surface area (Å²) in [4.78, 5) is 14.8. The number of carbonyl (C=O) groups excluding carboxylic acids is 1. The molecule has 1 heterocycles. The number of carbonyl (C=O) groups is 1. The molecule has 0 aromatic rings. The fourth-order valence-corrected chi connectivity index (χ4v) is 3.34. The third kappa shape index (κ3) is 4.12. The molecule has 1 aliphatic heterocycles. The predicted molar refractivity (Wildman–Crippen MR) is 84.4 cm³/mol. The Morgan fingerprint density at radius 2 is 2.05 bits per heavy atom. The van der Waals surface area contributed by atoms with E-state index < -0.39 is 0 Å². The fourth-order valence-electron chi connectivity index (χ4n) is 2.76. The summed E-state index contributed by atoms with van der Waals surface area (Å²) in [5.74, 6) is 1.86. The number of nitrogens with zero attached hydrogens (tertiary/aromatic N) is 1. The van der Waals surface area contributed by atoms with Crippen molar-refractivity contribution in [1.29, 1.82) is 0 Å². The van der Waals surface area contributed by atoms with E-state index in [0.717, 1.165) is 31.4 Å². The van der Waals surface area contributed by atoms with Gasteiger partial charge in [0.25, 0.3) is 0 Å². The van der Waals surface area contributed by atoms with E-state index in [1.807, 2.05) is 11.8 Å². The zero-order valence-electron chi connectivity index (χ0n) is 13.1. The topological polar surface area (TPSA) is 32.3 Å². The molecule has 1 rings (SSSR count). The standard InChI is InChI=1S/C15H30N2OS/c1-6-8-13-16-14(11(3)7-2)15(18)17(13)12(4)9-10-19-5/h11-14,16H,6-10H2,1-5H3. The van der Waals surface area contributed by atoms with Gasteiger partial charge in [-0.15, -0.1) is 0 Å². The SMILES string of the molecule is CCCC1NC(C(C)CC)C(=O)N1C(C)CCSC. The molecule has 4 atom stereocenters.